The summed E-state index contributed by atoms with van der Waals surface area (Å²) in [6.45, 7) is 8.17. The van der Waals surface area contributed by atoms with Gasteiger partial charge in [0.25, 0.3) is 0 Å². The van der Waals surface area contributed by atoms with Crippen molar-refractivity contribution in [2.75, 3.05) is 6.54 Å². The van der Waals surface area contributed by atoms with Gasteiger partial charge in [0.05, 0.1) is 0 Å². The second-order valence-electron chi connectivity index (χ2n) is 5.60. The van der Waals surface area contributed by atoms with Crippen LogP contribution in [0.5, 0.6) is 0 Å². The lowest BCUT2D eigenvalue weighted by molar-refractivity contribution is -0.0544. The number of alkyl halides is 3. The molecule has 0 radical (unpaired) electrons. The van der Waals surface area contributed by atoms with E-state index in [0.29, 0.717) is 4.90 Å². The van der Waals surface area contributed by atoms with Crippen molar-refractivity contribution < 1.29 is 35.3 Å². The minimum Gasteiger partial charge on any atom is -0.402 e. The van der Waals surface area contributed by atoms with Crippen LogP contribution in [-0.2, 0) is 19.0 Å². The molecule has 10 heteroatoms. The maximum atomic E-state index is 12.4. The Hall–Kier alpha value is -1.58. The van der Waals surface area contributed by atoms with Gasteiger partial charge in [-0.05, 0) is 18.4 Å². The minimum atomic E-state index is -5.86. The zero-order valence-electron chi connectivity index (χ0n) is 12.3. The molecular formula is C12H17F3NO5S+. The van der Waals surface area contributed by atoms with Crippen LogP contribution in [-0.4, -0.2) is 37.1 Å². The molecule has 0 spiro atoms. The van der Waals surface area contributed by atoms with Gasteiger partial charge in [-0.2, -0.15) is 21.6 Å². The van der Waals surface area contributed by atoms with Crippen LogP contribution in [0.1, 0.15) is 27.2 Å². The number of nitrogens with zero attached hydrogens (tertiary/aromatic N) is 1. The maximum absolute atomic E-state index is 12.4. The smallest absolute Gasteiger partial charge is 0.402 e. The summed E-state index contributed by atoms with van der Waals surface area (Å²) in [6.07, 6.45) is 0.338. The number of hydrogen-bond donors (Lipinski definition) is 0. The van der Waals surface area contributed by atoms with E-state index >= 15 is 0 Å². The molecule has 0 saturated carbocycles. The molecule has 0 bridgehead atoms. The van der Waals surface area contributed by atoms with E-state index in [1.54, 1.807) is 6.92 Å². The van der Waals surface area contributed by atoms with E-state index in [1.807, 2.05) is 0 Å². The van der Waals surface area contributed by atoms with Gasteiger partial charge in [0.15, 0.2) is 0 Å². The first kappa shape index (κ1) is 18.5. The van der Waals surface area contributed by atoms with Crippen LogP contribution < -0.4 is 0 Å². The zero-order valence-corrected chi connectivity index (χ0v) is 13.1. The summed E-state index contributed by atoms with van der Waals surface area (Å²) in [5, 5.41) is 0. The van der Waals surface area contributed by atoms with E-state index in [1.165, 1.54) is 13.8 Å². The molecule has 1 aliphatic rings. The van der Waals surface area contributed by atoms with Gasteiger partial charge in [0.2, 0.25) is 11.5 Å². The molecule has 0 aliphatic carbocycles. The third-order valence-electron chi connectivity index (χ3n) is 2.52. The molecule has 1 heterocycles. The summed E-state index contributed by atoms with van der Waals surface area (Å²) < 4.78 is 68.3. The number of rotatable bonds is 3. The Labute approximate surface area is 127 Å². The quantitative estimate of drug-likeness (QED) is 0.447. The Balaban J connectivity index is 3.02. The molecule has 0 aromatic rings. The minimum absolute atomic E-state index is 0.0336. The fourth-order valence-corrected chi connectivity index (χ4v) is 2.06. The number of carbonyl (C=O) groups is 1. The first-order valence-electron chi connectivity index (χ1n) is 6.30. The second-order valence-corrected chi connectivity index (χ2v) is 7.14. The van der Waals surface area contributed by atoms with E-state index in [-0.39, 0.29) is 18.9 Å². The second kappa shape index (κ2) is 5.90. The molecule has 0 aromatic carbocycles. The monoisotopic (exact) mass is 344 g/mol. The number of allylic oxidation sites excluding steroid dienone is 1. The highest BCUT2D eigenvalue weighted by Gasteiger charge is 2.50. The summed E-state index contributed by atoms with van der Waals surface area (Å²) in [4.78, 5) is 12.7. The normalized spacial score (nSPS) is 20.4. The summed E-state index contributed by atoms with van der Waals surface area (Å²) in [5.41, 5.74) is -6.72. The van der Waals surface area contributed by atoms with E-state index in [2.05, 4.69) is 11.1 Å². The SMILES string of the molecule is [CH2+]C(C)(C)OC(=O)N1CC(C)CC=C1OS(=O)(=O)C(F)(F)F. The molecule has 1 rings (SSSR count). The van der Waals surface area contributed by atoms with Gasteiger partial charge >= 0.3 is 21.7 Å². The fraction of sp³-hybridized carbons (Fsp3) is 0.667. The van der Waals surface area contributed by atoms with E-state index < -0.39 is 33.2 Å². The molecule has 1 unspecified atom stereocenters. The highest BCUT2D eigenvalue weighted by Crippen LogP contribution is 2.30. The number of halogens is 3. The summed E-state index contributed by atoms with van der Waals surface area (Å²) in [6, 6.07) is 0. The van der Waals surface area contributed by atoms with Gasteiger partial charge in [-0.3, -0.25) is 0 Å². The van der Waals surface area contributed by atoms with Crippen LogP contribution in [0.25, 0.3) is 0 Å². The lowest BCUT2D eigenvalue weighted by Gasteiger charge is -2.31. The molecule has 1 amide bonds. The Morgan fingerprint density at radius 3 is 2.41 bits per heavy atom. The molecule has 1 atom stereocenters. The Bertz CT molecular complexity index is 562. The summed E-state index contributed by atoms with van der Waals surface area (Å²) in [5.74, 6) is -0.814. The van der Waals surface area contributed by atoms with Gasteiger partial charge < -0.3 is 8.92 Å². The molecule has 0 fully saturated rings. The molecule has 1 aliphatic heterocycles. The summed E-state index contributed by atoms with van der Waals surface area (Å²) >= 11 is 0. The standard InChI is InChI=1S/C12H17F3NO5S/c1-8-5-6-9(21-22(18,19)12(13,14)15)16(7-8)10(17)20-11(2,3)4/h6,8H,2,5,7H2,1,3-4H3/q+1. The molecule has 126 valence electrons. The third kappa shape index (κ3) is 4.72. The summed E-state index contributed by atoms with van der Waals surface area (Å²) in [7, 11) is -5.86. The first-order chi connectivity index (χ1) is 9.73. The predicted octanol–water partition coefficient (Wildman–Crippen LogP) is 2.79. The van der Waals surface area contributed by atoms with E-state index in [0.717, 1.165) is 6.08 Å². The average Bonchev–Trinajstić information content (AvgIpc) is 2.27. The number of hydrogen-bond acceptors (Lipinski definition) is 5. The van der Waals surface area contributed by atoms with Crippen molar-refractivity contribution in [3.05, 3.63) is 18.9 Å². The Morgan fingerprint density at radius 2 is 1.95 bits per heavy atom. The van der Waals surface area contributed by atoms with E-state index in [9.17, 15) is 26.4 Å². The molecule has 0 N–H and O–H groups in total. The number of amides is 1. The van der Waals surface area contributed by atoms with Crippen LogP contribution in [0, 0.1) is 12.8 Å². The molecule has 6 nitrogen and oxygen atoms in total. The Kier molecular flexibility index (Phi) is 4.95. The maximum Gasteiger partial charge on any atom is 0.534 e. The number of carbonyl (C=O) groups excluding carboxylic acids is 1. The Morgan fingerprint density at radius 1 is 1.41 bits per heavy atom. The van der Waals surface area contributed by atoms with Crippen LogP contribution in [0.4, 0.5) is 18.0 Å². The molecule has 0 saturated heterocycles. The lowest BCUT2D eigenvalue weighted by atomic mass is 10.0. The van der Waals surface area contributed by atoms with Gasteiger partial charge in [-0.1, -0.05) is 6.92 Å². The van der Waals surface area contributed by atoms with Gasteiger partial charge in [-0.15, -0.1) is 0 Å². The van der Waals surface area contributed by atoms with Gasteiger partial charge in [0.1, 0.15) is 6.92 Å². The van der Waals surface area contributed by atoms with Crippen molar-refractivity contribution in [3.8, 4) is 0 Å². The average molecular weight is 344 g/mol. The largest absolute Gasteiger partial charge is 0.534 e. The van der Waals surface area contributed by atoms with Crippen molar-refractivity contribution in [1.29, 1.82) is 0 Å². The highest BCUT2D eigenvalue weighted by atomic mass is 32.2. The van der Waals surface area contributed by atoms with Crippen LogP contribution in [0.15, 0.2) is 12.0 Å². The molecular weight excluding hydrogens is 327 g/mol. The van der Waals surface area contributed by atoms with Crippen LogP contribution in [0.3, 0.4) is 0 Å². The lowest BCUT2D eigenvalue weighted by Crippen LogP contribution is -2.42. The third-order valence-corrected chi connectivity index (χ3v) is 3.47. The fourth-order valence-electron chi connectivity index (χ4n) is 1.58. The number of ether oxygens (including phenoxy) is 1. The molecule has 22 heavy (non-hydrogen) atoms. The topological polar surface area (TPSA) is 72.9 Å². The zero-order chi connectivity index (χ0) is 17.3. The molecule has 0 aromatic heterocycles. The van der Waals surface area contributed by atoms with Crippen molar-refractivity contribution in [2.45, 2.75) is 38.3 Å². The first-order valence-corrected chi connectivity index (χ1v) is 7.70. The van der Waals surface area contributed by atoms with Gasteiger partial charge in [0, 0.05) is 20.4 Å². The predicted molar refractivity (Wildman–Crippen MR) is 70.5 cm³/mol. The van der Waals surface area contributed by atoms with E-state index in [4.69, 9.17) is 4.74 Å². The van der Waals surface area contributed by atoms with Crippen molar-refractivity contribution in [2.24, 2.45) is 5.92 Å². The van der Waals surface area contributed by atoms with Crippen molar-refractivity contribution >= 4 is 16.2 Å². The van der Waals surface area contributed by atoms with Crippen molar-refractivity contribution in [1.82, 2.24) is 4.90 Å². The highest BCUT2D eigenvalue weighted by molar-refractivity contribution is 7.87. The van der Waals surface area contributed by atoms with Crippen LogP contribution >= 0.6 is 0 Å². The van der Waals surface area contributed by atoms with Gasteiger partial charge in [-0.25, -0.2) is 9.69 Å². The van der Waals surface area contributed by atoms with Crippen LogP contribution in [0.2, 0.25) is 0 Å². The van der Waals surface area contributed by atoms with Crippen molar-refractivity contribution in [3.63, 3.8) is 0 Å².